The molecule has 0 radical (unpaired) electrons. The third-order valence-electron chi connectivity index (χ3n) is 3.13. The first kappa shape index (κ1) is 14.0. The van der Waals surface area contributed by atoms with Gasteiger partial charge in [0.25, 0.3) is 0 Å². The molecule has 0 heterocycles. The molecule has 2 nitrogen and oxygen atoms in total. The summed E-state index contributed by atoms with van der Waals surface area (Å²) < 4.78 is 13.2. The van der Waals surface area contributed by atoms with E-state index in [1.165, 1.54) is 12.1 Å². The van der Waals surface area contributed by atoms with Crippen molar-refractivity contribution in [2.45, 2.75) is 19.4 Å². The minimum Gasteiger partial charge on any atom is -0.271 e. The van der Waals surface area contributed by atoms with Gasteiger partial charge in [-0.15, -0.1) is 0 Å². The van der Waals surface area contributed by atoms with Crippen molar-refractivity contribution in [1.82, 2.24) is 5.43 Å². The Hall–Kier alpha value is -1.42. The maximum absolute atomic E-state index is 13.2. The highest BCUT2D eigenvalue weighted by molar-refractivity contribution is 6.32. The summed E-state index contributed by atoms with van der Waals surface area (Å²) in [6.07, 6.45) is 0.581. The zero-order valence-electron chi connectivity index (χ0n) is 10.7. The van der Waals surface area contributed by atoms with Crippen LogP contribution in [0.2, 0.25) is 5.02 Å². The number of benzene rings is 2. The van der Waals surface area contributed by atoms with Crippen LogP contribution in [0.5, 0.6) is 0 Å². The van der Waals surface area contributed by atoms with Crippen molar-refractivity contribution < 1.29 is 4.39 Å². The number of rotatable bonds is 4. The average molecular weight is 279 g/mol. The van der Waals surface area contributed by atoms with E-state index in [4.69, 9.17) is 17.4 Å². The van der Waals surface area contributed by atoms with Crippen LogP contribution in [0.4, 0.5) is 4.39 Å². The van der Waals surface area contributed by atoms with E-state index in [0.29, 0.717) is 11.4 Å². The highest BCUT2D eigenvalue weighted by atomic mass is 35.5. The molecule has 0 amide bonds. The van der Waals surface area contributed by atoms with Gasteiger partial charge in [-0.2, -0.15) is 0 Å². The van der Waals surface area contributed by atoms with Crippen LogP contribution >= 0.6 is 11.6 Å². The highest BCUT2D eigenvalue weighted by Crippen LogP contribution is 2.28. The van der Waals surface area contributed by atoms with E-state index < -0.39 is 0 Å². The van der Waals surface area contributed by atoms with Crippen molar-refractivity contribution in [2.75, 3.05) is 0 Å². The van der Waals surface area contributed by atoms with Crippen molar-refractivity contribution >= 4 is 11.6 Å². The summed E-state index contributed by atoms with van der Waals surface area (Å²) >= 11 is 6.29. The lowest BCUT2D eigenvalue weighted by atomic mass is 9.98. The third kappa shape index (κ3) is 3.32. The molecule has 0 saturated carbocycles. The van der Waals surface area contributed by atoms with Gasteiger partial charge in [-0.25, -0.2) is 4.39 Å². The number of hydrogen-bond donors (Lipinski definition) is 2. The molecule has 100 valence electrons. The number of hydrogen-bond acceptors (Lipinski definition) is 2. The fourth-order valence-electron chi connectivity index (χ4n) is 2.10. The Kier molecular flexibility index (Phi) is 4.53. The molecular formula is C15H16ClFN2. The van der Waals surface area contributed by atoms with Crippen LogP contribution in [0.15, 0.2) is 42.5 Å². The van der Waals surface area contributed by atoms with Crippen LogP contribution < -0.4 is 11.3 Å². The van der Waals surface area contributed by atoms with Gasteiger partial charge in [0.05, 0.1) is 6.04 Å². The largest absolute Gasteiger partial charge is 0.271 e. The number of aryl methyl sites for hydroxylation is 1. The molecule has 1 atom stereocenters. The molecule has 0 aliphatic carbocycles. The minimum absolute atomic E-state index is 0.144. The van der Waals surface area contributed by atoms with Gasteiger partial charge in [0, 0.05) is 5.02 Å². The van der Waals surface area contributed by atoms with Crippen molar-refractivity contribution in [3.63, 3.8) is 0 Å². The van der Waals surface area contributed by atoms with Crippen LogP contribution in [-0.4, -0.2) is 0 Å². The van der Waals surface area contributed by atoms with Gasteiger partial charge in [-0.3, -0.25) is 11.3 Å². The zero-order valence-corrected chi connectivity index (χ0v) is 11.4. The third-order valence-corrected chi connectivity index (χ3v) is 3.64. The second-order valence-corrected chi connectivity index (χ2v) is 4.91. The number of hydrazine groups is 1. The molecule has 0 saturated heterocycles. The summed E-state index contributed by atoms with van der Waals surface area (Å²) in [5.74, 6) is 5.36. The van der Waals surface area contributed by atoms with Gasteiger partial charge in [0.15, 0.2) is 0 Å². The lowest BCUT2D eigenvalue weighted by Crippen LogP contribution is -2.30. The monoisotopic (exact) mass is 278 g/mol. The number of halogens is 2. The minimum atomic E-state index is -0.247. The highest BCUT2D eigenvalue weighted by Gasteiger charge is 2.15. The van der Waals surface area contributed by atoms with E-state index in [1.807, 2.05) is 31.2 Å². The summed E-state index contributed by atoms with van der Waals surface area (Å²) in [6.45, 7) is 1.95. The molecule has 2 rings (SSSR count). The maximum atomic E-state index is 13.2. The maximum Gasteiger partial charge on any atom is 0.123 e. The van der Waals surface area contributed by atoms with E-state index in [-0.39, 0.29) is 11.9 Å². The standard InChI is InChI=1S/C15H16ClFN2/c1-10-4-2-7-13(15(10)16)14(19-18)9-11-5-3-6-12(17)8-11/h2-8,14,19H,9,18H2,1H3. The molecule has 0 aliphatic heterocycles. The van der Waals surface area contributed by atoms with Crippen LogP contribution in [0.3, 0.4) is 0 Å². The second-order valence-electron chi connectivity index (χ2n) is 4.53. The van der Waals surface area contributed by atoms with Gasteiger partial charge in [0.2, 0.25) is 0 Å². The van der Waals surface area contributed by atoms with Crippen LogP contribution in [0.25, 0.3) is 0 Å². The molecule has 4 heteroatoms. The Balaban J connectivity index is 2.28. The molecule has 1 unspecified atom stereocenters. The molecule has 0 spiro atoms. The summed E-state index contributed by atoms with van der Waals surface area (Å²) in [5, 5.41) is 0.696. The molecule has 2 aromatic carbocycles. The quantitative estimate of drug-likeness (QED) is 0.663. The van der Waals surface area contributed by atoms with Crippen LogP contribution in [-0.2, 0) is 6.42 Å². The van der Waals surface area contributed by atoms with Crippen LogP contribution in [0.1, 0.15) is 22.7 Å². The fourth-order valence-corrected chi connectivity index (χ4v) is 2.36. The molecule has 19 heavy (non-hydrogen) atoms. The molecular weight excluding hydrogens is 263 g/mol. The molecule has 0 aromatic heterocycles. The molecule has 3 N–H and O–H groups in total. The van der Waals surface area contributed by atoms with Gasteiger partial charge in [0.1, 0.15) is 5.82 Å². The summed E-state index contributed by atoms with van der Waals surface area (Å²) in [6, 6.07) is 12.2. The van der Waals surface area contributed by atoms with Crippen molar-refractivity contribution in [2.24, 2.45) is 5.84 Å². The first-order chi connectivity index (χ1) is 9.11. The van der Waals surface area contributed by atoms with Crippen molar-refractivity contribution in [1.29, 1.82) is 0 Å². The number of nitrogens with one attached hydrogen (secondary N) is 1. The SMILES string of the molecule is Cc1cccc(C(Cc2cccc(F)c2)NN)c1Cl. The lowest BCUT2D eigenvalue weighted by Gasteiger charge is -2.18. The summed E-state index contributed by atoms with van der Waals surface area (Å²) in [7, 11) is 0. The molecule has 0 aliphatic rings. The van der Waals surface area contributed by atoms with Crippen molar-refractivity contribution in [3.05, 3.63) is 70.0 Å². The first-order valence-electron chi connectivity index (χ1n) is 6.07. The summed E-state index contributed by atoms with van der Waals surface area (Å²) in [4.78, 5) is 0. The molecule has 2 aromatic rings. The Morgan fingerprint density at radius 2 is 2.00 bits per heavy atom. The van der Waals surface area contributed by atoms with E-state index in [0.717, 1.165) is 16.7 Å². The molecule has 0 bridgehead atoms. The van der Waals surface area contributed by atoms with Gasteiger partial charge in [-0.1, -0.05) is 41.9 Å². The average Bonchev–Trinajstić information content (AvgIpc) is 2.40. The van der Waals surface area contributed by atoms with E-state index in [9.17, 15) is 4.39 Å². The van der Waals surface area contributed by atoms with Crippen LogP contribution in [0, 0.1) is 12.7 Å². The van der Waals surface area contributed by atoms with E-state index in [2.05, 4.69) is 5.43 Å². The smallest absolute Gasteiger partial charge is 0.123 e. The van der Waals surface area contributed by atoms with Gasteiger partial charge < -0.3 is 0 Å². The predicted molar refractivity (Wildman–Crippen MR) is 76.4 cm³/mol. The fraction of sp³-hybridized carbons (Fsp3) is 0.200. The zero-order chi connectivity index (χ0) is 13.8. The topological polar surface area (TPSA) is 38.0 Å². The second kappa shape index (κ2) is 6.15. The van der Waals surface area contributed by atoms with Gasteiger partial charge >= 0.3 is 0 Å². The lowest BCUT2D eigenvalue weighted by molar-refractivity contribution is 0.548. The Labute approximate surface area is 117 Å². The summed E-state index contributed by atoms with van der Waals surface area (Å²) in [5.41, 5.74) is 5.55. The molecule has 0 fully saturated rings. The van der Waals surface area contributed by atoms with Crippen molar-refractivity contribution in [3.8, 4) is 0 Å². The van der Waals surface area contributed by atoms with E-state index >= 15 is 0 Å². The predicted octanol–water partition coefficient (Wildman–Crippen LogP) is 3.53. The Bertz CT molecular complexity index is 572. The Morgan fingerprint density at radius 1 is 1.26 bits per heavy atom. The Morgan fingerprint density at radius 3 is 2.68 bits per heavy atom. The van der Waals surface area contributed by atoms with Gasteiger partial charge in [-0.05, 0) is 42.2 Å². The number of nitrogens with two attached hydrogens (primary N) is 1. The normalized spacial score (nSPS) is 12.4. The first-order valence-corrected chi connectivity index (χ1v) is 6.45. The van der Waals surface area contributed by atoms with E-state index in [1.54, 1.807) is 6.07 Å².